The Morgan fingerprint density at radius 3 is 2.70 bits per heavy atom. The van der Waals surface area contributed by atoms with Gasteiger partial charge in [0.2, 0.25) is 11.8 Å². The zero-order valence-corrected chi connectivity index (χ0v) is 18.8. The highest BCUT2D eigenvalue weighted by molar-refractivity contribution is 6.33. The first-order chi connectivity index (χ1) is 15.9. The van der Waals surface area contributed by atoms with E-state index in [1.54, 1.807) is 31.6 Å². The second kappa shape index (κ2) is 8.04. The molecule has 1 fully saturated rings. The van der Waals surface area contributed by atoms with E-state index in [0.29, 0.717) is 29.3 Å². The van der Waals surface area contributed by atoms with E-state index in [9.17, 15) is 14.4 Å². The zero-order valence-electron chi connectivity index (χ0n) is 18.1. The van der Waals surface area contributed by atoms with Gasteiger partial charge in [-0.1, -0.05) is 17.7 Å². The fourth-order valence-corrected chi connectivity index (χ4v) is 4.70. The Balaban J connectivity index is 1.51. The largest absolute Gasteiger partial charge is 0.497 e. The van der Waals surface area contributed by atoms with Crippen LogP contribution in [0, 0.1) is 0 Å². The van der Waals surface area contributed by atoms with Gasteiger partial charge >= 0.3 is 0 Å². The Kier molecular flexibility index (Phi) is 5.17. The molecule has 2 aliphatic rings. The van der Waals surface area contributed by atoms with E-state index in [1.807, 2.05) is 29.8 Å². The minimum atomic E-state index is -0.646. The molecular weight excluding hydrogens is 444 g/mol. The van der Waals surface area contributed by atoms with E-state index in [2.05, 4.69) is 10.3 Å². The van der Waals surface area contributed by atoms with Crippen LogP contribution in [-0.4, -0.2) is 45.3 Å². The van der Waals surface area contributed by atoms with Crippen LogP contribution in [0.5, 0.6) is 5.75 Å². The maximum absolute atomic E-state index is 13.0. The second-order valence-corrected chi connectivity index (χ2v) is 8.58. The molecule has 0 radical (unpaired) electrons. The number of aromatic nitrogens is 2. The smallest absolute Gasteiger partial charge is 0.255 e. The second-order valence-electron chi connectivity index (χ2n) is 8.17. The predicted molar refractivity (Wildman–Crippen MR) is 122 cm³/mol. The number of carbonyl (C=O) groups excluding carboxylic acids is 3. The van der Waals surface area contributed by atoms with E-state index < -0.39 is 11.9 Å². The molecule has 0 spiro atoms. The maximum Gasteiger partial charge on any atom is 0.255 e. The SMILES string of the molecule is COc1ccc(Cl)c(-c2c(-c3ccc4c(c3)CN(C3CCC(=O)NC3=O)C4=O)ncn2C)c1. The van der Waals surface area contributed by atoms with Crippen molar-refractivity contribution < 1.29 is 19.1 Å². The summed E-state index contributed by atoms with van der Waals surface area (Å²) in [5.74, 6) is -0.252. The number of hydrogen-bond acceptors (Lipinski definition) is 5. The van der Waals surface area contributed by atoms with Gasteiger partial charge in [-0.3, -0.25) is 19.7 Å². The lowest BCUT2D eigenvalue weighted by atomic mass is 10.0. The highest BCUT2D eigenvalue weighted by Crippen LogP contribution is 2.38. The lowest BCUT2D eigenvalue weighted by molar-refractivity contribution is -0.136. The average Bonchev–Trinajstić information content (AvgIpc) is 3.34. The van der Waals surface area contributed by atoms with Crippen LogP contribution < -0.4 is 10.1 Å². The number of hydrogen-bond donors (Lipinski definition) is 1. The number of rotatable bonds is 4. The Hall–Kier alpha value is -3.65. The first-order valence-corrected chi connectivity index (χ1v) is 10.9. The van der Waals surface area contributed by atoms with Gasteiger partial charge in [-0.25, -0.2) is 4.98 Å². The van der Waals surface area contributed by atoms with Crippen LogP contribution in [0.4, 0.5) is 0 Å². The molecule has 8 nitrogen and oxygen atoms in total. The van der Waals surface area contributed by atoms with Crippen molar-refractivity contribution in [1.82, 2.24) is 19.8 Å². The fourth-order valence-electron chi connectivity index (χ4n) is 4.49. The Morgan fingerprint density at radius 2 is 1.94 bits per heavy atom. The van der Waals surface area contributed by atoms with Crippen molar-refractivity contribution in [1.29, 1.82) is 0 Å². The lowest BCUT2D eigenvalue weighted by Crippen LogP contribution is -2.52. The van der Waals surface area contributed by atoms with Gasteiger partial charge in [-0.05, 0) is 42.3 Å². The summed E-state index contributed by atoms with van der Waals surface area (Å²) in [5, 5.41) is 2.90. The molecule has 1 aromatic heterocycles. The molecule has 3 amide bonds. The molecule has 0 aliphatic carbocycles. The normalized spacial score (nSPS) is 17.8. The first-order valence-electron chi connectivity index (χ1n) is 10.5. The van der Waals surface area contributed by atoms with Crippen LogP contribution in [0.15, 0.2) is 42.7 Å². The number of methoxy groups -OCH3 is 1. The Labute approximate surface area is 195 Å². The van der Waals surface area contributed by atoms with E-state index in [1.165, 1.54) is 4.90 Å². The molecule has 0 bridgehead atoms. The molecule has 33 heavy (non-hydrogen) atoms. The molecular formula is C24H21ClN4O4. The van der Waals surface area contributed by atoms with Crippen molar-refractivity contribution in [3.8, 4) is 28.3 Å². The number of halogens is 1. The van der Waals surface area contributed by atoms with Crippen LogP contribution in [0.25, 0.3) is 22.5 Å². The van der Waals surface area contributed by atoms with E-state index in [4.69, 9.17) is 16.3 Å². The van der Waals surface area contributed by atoms with Gasteiger partial charge in [0.25, 0.3) is 5.91 Å². The van der Waals surface area contributed by atoms with Crippen LogP contribution in [0.3, 0.4) is 0 Å². The predicted octanol–water partition coefficient (Wildman–Crippen LogP) is 3.18. The van der Waals surface area contributed by atoms with Crippen molar-refractivity contribution >= 4 is 29.3 Å². The number of benzene rings is 2. The molecule has 3 aromatic rings. The number of amides is 3. The molecule has 1 atom stereocenters. The summed E-state index contributed by atoms with van der Waals surface area (Å²) in [4.78, 5) is 42.9. The molecule has 9 heteroatoms. The van der Waals surface area contributed by atoms with Gasteiger partial charge in [-0.15, -0.1) is 0 Å². The molecule has 1 saturated heterocycles. The summed E-state index contributed by atoms with van der Waals surface area (Å²) < 4.78 is 7.26. The molecule has 2 aromatic carbocycles. The molecule has 1 N–H and O–H groups in total. The Morgan fingerprint density at radius 1 is 1.12 bits per heavy atom. The highest BCUT2D eigenvalue weighted by Gasteiger charge is 2.39. The van der Waals surface area contributed by atoms with E-state index in [-0.39, 0.29) is 18.2 Å². The van der Waals surface area contributed by atoms with Crippen LogP contribution in [0.1, 0.15) is 28.8 Å². The van der Waals surface area contributed by atoms with E-state index in [0.717, 1.165) is 28.1 Å². The summed E-state index contributed by atoms with van der Waals surface area (Å²) in [6.07, 6.45) is 2.27. The first kappa shape index (κ1) is 21.2. The average molecular weight is 465 g/mol. The van der Waals surface area contributed by atoms with Crippen LogP contribution in [-0.2, 0) is 23.2 Å². The zero-order chi connectivity index (χ0) is 23.3. The number of imidazole rings is 1. The van der Waals surface area contributed by atoms with Gasteiger partial charge in [0.05, 0.1) is 29.8 Å². The number of nitrogens with zero attached hydrogens (tertiary/aromatic N) is 3. The Bertz CT molecular complexity index is 1320. The third-order valence-electron chi connectivity index (χ3n) is 6.16. The summed E-state index contributed by atoms with van der Waals surface area (Å²) in [7, 11) is 3.49. The topological polar surface area (TPSA) is 93.5 Å². The minimum Gasteiger partial charge on any atom is -0.497 e. The van der Waals surface area contributed by atoms with Crippen molar-refractivity contribution in [3.63, 3.8) is 0 Å². The molecule has 5 rings (SSSR count). The third kappa shape index (κ3) is 3.56. The fraction of sp³-hybridized carbons (Fsp3) is 0.250. The molecule has 168 valence electrons. The molecule has 2 aliphatic heterocycles. The summed E-state index contributed by atoms with van der Waals surface area (Å²) >= 11 is 6.51. The lowest BCUT2D eigenvalue weighted by Gasteiger charge is -2.29. The number of carbonyl (C=O) groups is 3. The summed E-state index contributed by atoms with van der Waals surface area (Å²) in [6.45, 7) is 0.302. The number of imide groups is 1. The monoisotopic (exact) mass is 464 g/mol. The highest BCUT2D eigenvalue weighted by atomic mass is 35.5. The van der Waals surface area contributed by atoms with Gasteiger partial charge in [0.1, 0.15) is 11.8 Å². The van der Waals surface area contributed by atoms with Crippen LogP contribution >= 0.6 is 11.6 Å². The minimum absolute atomic E-state index is 0.205. The van der Waals surface area contributed by atoms with Crippen molar-refractivity contribution in [2.24, 2.45) is 7.05 Å². The quantitative estimate of drug-likeness (QED) is 0.598. The molecule has 3 heterocycles. The number of ether oxygens (including phenoxy) is 1. The summed E-state index contributed by atoms with van der Waals surface area (Å²) in [6, 6.07) is 10.4. The van der Waals surface area contributed by atoms with Crippen molar-refractivity contribution in [3.05, 3.63) is 58.9 Å². The summed E-state index contributed by atoms with van der Waals surface area (Å²) in [5.41, 5.74) is 4.54. The molecule has 0 saturated carbocycles. The van der Waals surface area contributed by atoms with Crippen molar-refractivity contribution in [2.45, 2.75) is 25.4 Å². The van der Waals surface area contributed by atoms with Gasteiger partial charge in [0.15, 0.2) is 0 Å². The van der Waals surface area contributed by atoms with Gasteiger partial charge < -0.3 is 14.2 Å². The number of aryl methyl sites for hydroxylation is 1. The van der Waals surface area contributed by atoms with Gasteiger partial charge in [-0.2, -0.15) is 0 Å². The number of nitrogens with one attached hydrogen (secondary N) is 1. The van der Waals surface area contributed by atoms with Crippen LogP contribution in [0.2, 0.25) is 5.02 Å². The standard InChI is InChI=1S/C24H21ClN4O4/c1-28-12-26-21(22(28)17-10-15(33-2)4-6-18(17)25)13-3-5-16-14(9-13)11-29(24(16)32)19-7-8-20(30)27-23(19)31/h3-6,9-10,12,19H,7-8,11H2,1-2H3,(H,27,30,31). The number of fused-ring (bicyclic) bond motifs is 1. The maximum atomic E-state index is 13.0. The third-order valence-corrected chi connectivity index (χ3v) is 6.49. The molecule has 1 unspecified atom stereocenters. The number of piperidine rings is 1. The van der Waals surface area contributed by atoms with E-state index >= 15 is 0 Å². The van der Waals surface area contributed by atoms with Crippen molar-refractivity contribution in [2.75, 3.05) is 7.11 Å². The van der Waals surface area contributed by atoms with Gasteiger partial charge in [0, 0.05) is 36.7 Å².